The normalized spacial score (nSPS) is 13.9. The van der Waals surface area contributed by atoms with E-state index in [9.17, 15) is 9.59 Å². The first-order chi connectivity index (χ1) is 13.1. The fourth-order valence-electron chi connectivity index (χ4n) is 2.71. The van der Waals surface area contributed by atoms with Gasteiger partial charge < -0.3 is 9.64 Å². The lowest BCUT2D eigenvalue weighted by Crippen LogP contribution is -2.48. The van der Waals surface area contributed by atoms with Gasteiger partial charge in [0.05, 0.1) is 31.0 Å². The zero-order valence-corrected chi connectivity index (χ0v) is 15.4. The molecule has 27 heavy (non-hydrogen) atoms. The third-order valence-corrected chi connectivity index (χ3v) is 4.44. The first-order valence-electron chi connectivity index (χ1n) is 8.44. The first-order valence-corrected chi connectivity index (χ1v) is 8.82. The molecule has 2 heterocycles. The second-order valence-corrected chi connectivity index (χ2v) is 6.39. The third kappa shape index (κ3) is 4.73. The van der Waals surface area contributed by atoms with Gasteiger partial charge in [-0.1, -0.05) is 11.6 Å². The summed E-state index contributed by atoms with van der Waals surface area (Å²) >= 11 is 5.97. The van der Waals surface area contributed by atoms with Crippen molar-refractivity contribution < 1.29 is 14.3 Å². The van der Waals surface area contributed by atoms with E-state index < -0.39 is 5.91 Å². The van der Waals surface area contributed by atoms with Gasteiger partial charge in [-0.3, -0.25) is 20.1 Å². The van der Waals surface area contributed by atoms with Crippen LogP contribution in [0.3, 0.4) is 0 Å². The molecule has 1 aromatic heterocycles. The molecule has 1 aliphatic heterocycles. The lowest BCUT2D eigenvalue weighted by molar-refractivity contribution is 0.0548. The maximum absolute atomic E-state index is 13.1. The van der Waals surface area contributed by atoms with Crippen molar-refractivity contribution in [3.8, 4) is 0 Å². The number of hydrogen-bond donors (Lipinski definition) is 2. The van der Waals surface area contributed by atoms with Crippen LogP contribution < -0.4 is 16.2 Å². The number of nitrogens with two attached hydrogens (primary N) is 1. The molecule has 0 unspecified atom stereocenters. The Labute approximate surface area is 161 Å². The Morgan fingerprint density at radius 2 is 1.89 bits per heavy atom. The summed E-state index contributed by atoms with van der Waals surface area (Å²) in [5.41, 5.74) is 3.75. The number of rotatable bonds is 4. The second kappa shape index (κ2) is 8.81. The summed E-state index contributed by atoms with van der Waals surface area (Å²) in [6.45, 7) is 2.35. The van der Waals surface area contributed by atoms with Crippen molar-refractivity contribution in [2.75, 3.05) is 31.2 Å². The van der Waals surface area contributed by atoms with E-state index in [4.69, 9.17) is 22.2 Å². The summed E-state index contributed by atoms with van der Waals surface area (Å²) < 4.78 is 5.33. The van der Waals surface area contributed by atoms with Crippen LogP contribution in [0.15, 0.2) is 42.6 Å². The van der Waals surface area contributed by atoms with Crippen LogP contribution in [0, 0.1) is 0 Å². The van der Waals surface area contributed by atoms with Gasteiger partial charge in [0.25, 0.3) is 5.91 Å². The summed E-state index contributed by atoms with van der Waals surface area (Å²) in [6, 6.07) is 10.2. The van der Waals surface area contributed by atoms with Crippen LogP contribution in [0.25, 0.3) is 0 Å². The highest BCUT2D eigenvalue weighted by Gasteiger charge is 2.24. The molecule has 1 fully saturated rings. The Bertz CT molecular complexity index is 792. The van der Waals surface area contributed by atoms with Crippen LogP contribution in [0.4, 0.5) is 10.5 Å². The summed E-state index contributed by atoms with van der Waals surface area (Å²) in [5, 5.41) is 0.591. The number of urea groups is 1. The summed E-state index contributed by atoms with van der Waals surface area (Å²) in [6.07, 6.45) is 1.43. The highest BCUT2D eigenvalue weighted by Crippen LogP contribution is 2.22. The predicted molar refractivity (Wildman–Crippen MR) is 101 cm³/mol. The van der Waals surface area contributed by atoms with Crippen LogP contribution in [0.2, 0.25) is 5.02 Å². The molecule has 3 rings (SSSR count). The quantitative estimate of drug-likeness (QED) is 0.471. The van der Waals surface area contributed by atoms with Gasteiger partial charge in [-0.25, -0.2) is 10.6 Å². The van der Waals surface area contributed by atoms with Crippen molar-refractivity contribution in [3.05, 3.63) is 58.9 Å². The SMILES string of the molecule is NNC(=O)c1ccc(CN(C(=O)N2CCOCC2)c2ccc(Cl)cc2)nc1. The Balaban J connectivity index is 1.83. The molecule has 1 aromatic carbocycles. The Morgan fingerprint density at radius 1 is 1.19 bits per heavy atom. The van der Waals surface area contributed by atoms with E-state index in [1.807, 2.05) is 0 Å². The average Bonchev–Trinajstić information content (AvgIpc) is 2.73. The van der Waals surface area contributed by atoms with Gasteiger partial charge in [0, 0.05) is 30.0 Å². The molecule has 3 amide bonds. The van der Waals surface area contributed by atoms with Gasteiger partial charge in [-0.15, -0.1) is 0 Å². The molecule has 0 atom stereocenters. The van der Waals surface area contributed by atoms with Crippen LogP contribution in [0.5, 0.6) is 0 Å². The molecule has 1 aliphatic rings. The van der Waals surface area contributed by atoms with Crippen molar-refractivity contribution >= 4 is 29.2 Å². The first kappa shape index (κ1) is 19.1. The van der Waals surface area contributed by atoms with Gasteiger partial charge in [0.2, 0.25) is 0 Å². The molecule has 142 valence electrons. The molecule has 8 nitrogen and oxygen atoms in total. The smallest absolute Gasteiger partial charge is 0.325 e. The number of nitrogens with one attached hydrogen (secondary N) is 1. The highest BCUT2D eigenvalue weighted by atomic mass is 35.5. The number of carbonyl (C=O) groups excluding carboxylic acids is 2. The van der Waals surface area contributed by atoms with Gasteiger partial charge in [-0.2, -0.15) is 0 Å². The molecule has 0 saturated carbocycles. The molecule has 0 aliphatic carbocycles. The summed E-state index contributed by atoms with van der Waals surface area (Å²) in [5.74, 6) is 4.70. The predicted octanol–water partition coefficient (Wildman–Crippen LogP) is 1.80. The molecule has 0 bridgehead atoms. The standard InChI is InChI=1S/C18H20ClN5O3/c19-14-2-5-16(6-3-14)24(18(26)23-7-9-27-10-8-23)12-15-4-1-13(11-21-15)17(25)22-20/h1-6,11H,7-10,12,20H2,(H,22,25). The van der Waals surface area contributed by atoms with E-state index in [1.54, 1.807) is 46.2 Å². The van der Waals surface area contributed by atoms with E-state index in [2.05, 4.69) is 10.4 Å². The topological polar surface area (TPSA) is 101 Å². The van der Waals surface area contributed by atoms with Gasteiger partial charge in [0.15, 0.2) is 0 Å². The number of anilines is 1. The van der Waals surface area contributed by atoms with Crippen molar-refractivity contribution in [2.45, 2.75) is 6.54 Å². The number of hydrazine groups is 1. The fourth-order valence-corrected chi connectivity index (χ4v) is 2.84. The number of morpholine rings is 1. The fraction of sp³-hybridized carbons (Fsp3) is 0.278. The van der Waals surface area contributed by atoms with Crippen LogP contribution >= 0.6 is 11.6 Å². The number of nitrogens with zero attached hydrogens (tertiary/aromatic N) is 3. The van der Waals surface area contributed by atoms with E-state index in [-0.39, 0.29) is 12.6 Å². The number of halogens is 1. The Kier molecular flexibility index (Phi) is 6.23. The van der Waals surface area contributed by atoms with Gasteiger partial charge in [0.1, 0.15) is 0 Å². The zero-order valence-electron chi connectivity index (χ0n) is 14.6. The lowest BCUT2D eigenvalue weighted by Gasteiger charge is -2.33. The minimum absolute atomic E-state index is 0.133. The largest absolute Gasteiger partial charge is 0.378 e. The van der Waals surface area contributed by atoms with Crippen molar-refractivity contribution in [3.63, 3.8) is 0 Å². The average molecular weight is 390 g/mol. The number of ether oxygens (including phenoxy) is 1. The molecule has 0 spiro atoms. The van der Waals surface area contributed by atoms with Gasteiger partial charge in [-0.05, 0) is 36.4 Å². The number of carbonyl (C=O) groups is 2. The summed E-state index contributed by atoms with van der Waals surface area (Å²) in [4.78, 5) is 32.3. The maximum Gasteiger partial charge on any atom is 0.325 e. The number of aromatic nitrogens is 1. The molecule has 2 aromatic rings. The molecule has 9 heteroatoms. The van der Waals surface area contributed by atoms with E-state index in [0.29, 0.717) is 48.3 Å². The molecular formula is C18H20ClN5O3. The summed E-state index contributed by atoms with van der Waals surface area (Å²) in [7, 11) is 0. The van der Waals surface area contributed by atoms with Crippen molar-refractivity contribution in [1.29, 1.82) is 0 Å². The van der Waals surface area contributed by atoms with E-state index in [1.165, 1.54) is 6.20 Å². The number of pyridine rings is 1. The van der Waals surface area contributed by atoms with Crippen LogP contribution in [-0.4, -0.2) is 48.1 Å². The van der Waals surface area contributed by atoms with E-state index >= 15 is 0 Å². The minimum Gasteiger partial charge on any atom is -0.378 e. The third-order valence-electron chi connectivity index (χ3n) is 4.19. The van der Waals surface area contributed by atoms with Gasteiger partial charge >= 0.3 is 6.03 Å². The lowest BCUT2D eigenvalue weighted by atomic mass is 10.2. The molecular weight excluding hydrogens is 370 g/mol. The second-order valence-electron chi connectivity index (χ2n) is 5.96. The number of amides is 3. The number of benzene rings is 1. The Morgan fingerprint density at radius 3 is 2.48 bits per heavy atom. The molecule has 0 radical (unpaired) electrons. The number of nitrogen functional groups attached to an aromatic ring is 1. The molecule has 1 saturated heterocycles. The maximum atomic E-state index is 13.1. The number of hydrogen-bond acceptors (Lipinski definition) is 5. The minimum atomic E-state index is -0.423. The monoisotopic (exact) mass is 389 g/mol. The Hall–Kier alpha value is -2.68. The van der Waals surface area contributed by atoms with E-state index in [0.717, 1.165) is 0 Å². The van der Waals surface area contributed by atoms with Crippen LogP contribution in [0.1, 0.15) is 16.1 Å². The van der Waals surface area contributed by atoms with Crippen molar-refractivity contribution in [2.24, 2.45) is 5.84 Å². The van der Waals surface area contributed by atoms with Crippen LogP contribution in [-0.2, 0) is 11.3 Å². The van der Waals surface area contributed by atoms with Crippen molar-refractivity contribution in [1.82, 2.24) is 15.3 Å². The molecule has 3 N–H and O–H groups in total. The highest BCUT2D eigenvalue weighted by molar-refractivity contribution is 6.30. The zero-order chi connectivity index (χ0) is 19.2.